The molecule has 0 aliphatic carbocycles. The standard InChI is InChI=1S/C14H18N2O3/c1-16(13(17)11-7-4-5-9-15-11)12-8-3-2-6-10(12)14(18)19/h2-3,6,8,11,15H,4-5,7,9H2,1H3,(H,18,19)/t11-/m1/s1. The largest absolute Gasteiger partial charge is 0.478 e. The zero-order valence-electron chi connectivity index (χ0n) is 10.9. The van der Waals surface area contributed by atoms with Gasteiger partial charge in [-0.2, -0.15) is 0 Å². The summed E-state index contributed by atoms with van der Waals surface area (Å²) < 4.78 is 0. The molecule has 1 amide bonds. The fraction of sp³-hybridized carbons (Fsp3) is 0.429. The van der Waals surface area contributed by atoms with Gasteiger partial charge in [-0.25, -0.2) is 4.79 Å². The topological polar surface area (TPSA) is 69.6 Å². The monoisotopic (exact) mass is 262 g/mol. The van der Waals surface area contributed by atoms with Gasteiger partial charge in [-0.05, 0) is 31.5 Å². The molecule has 1 aromatic rings. The van der Waals surface area contributed by atoms with Gasteiger partial charge in [-0.1, -0.05) is 18.6 Å². The van der Waals surface area contributed by atoms with Crippen molar-refractivity contribution in [2.24, 2.45) is 0 Å². The maximum Gasteiger partial charge on any atom is 0.337 e. The third-order valence-corrected chi connectivity index (χ3v) is 3.43. The van der Waals surface area contributed by atoms with Crippen molar-refractivity contribution in [3.8, 4) is 0 Å². The first-order chi connectivity index (χ1) is 9.11. The van der Waals surface area contributed by atoms with E-state index < -0.39 is 5.97 Å². The Morgan fingerprint density at radius 3 is 2.68 bits per heavy atom. The number of nitrogens with one attached hydrogen (secondary N) is 1. The molecule has 102 valence electrons. The Morgan fingerprint density at radius 2 is 2.05 bits per heavy atom. The molecule has 0 bridgehead atoms. The highest BCUT2D eigenvalue weighted by atomic mass is 16.4. The Kier molecular flexibility index (Phi) is 4.16. The lowest BCUT2D eigenvalue weighted by atomic mass is 10.0. The molecule has 1 fully saturated rings. The summed E-state index contributed by atoms with van der Waals surface area (Å²) in [5, 5.41) is 12.3. The van der Waals surface area contributed by atoms with Crippen LogP contribution in [-0.4, -0.2) is 36.6 Å². The van der Waals surface area contributed by atoms with Crippen molar-refractivity contribution in [1.82, 2.24) is 5.32 Å². The van der Waals surface area contributed by atoms with Crippen LogP contribution in [0, 0.1) is 0 Å². The fourth-order valence-electron chi connectivity index (χ4n) is 2.36. The third kappa shape index (κ3) is 2.93. The summed E-state index contributed by atoms with van der Waals surface area (Å²) in [5.74, 6) is -1.10. The SMILES string of the molecule is CN(C(=O)[C@H]1CCCCN1)c1ccccc1C(=O)O. The molecule has 5 heteroatoms. The Morgan fingerprint density at radius 1 is 1.32 bits per heavy atom. The lowest BCUT2D eigenvalue weighted by Crippen LogP contribution is -2.47. The van der Waals surface area contributed by atoms with Gasteiger partial charge in [0.15, 0.2) is 0 Å². The number of carboxylic acid groups (broad SMARTS) is 1. The van der Waals surface area contributed by atoms with Crippen LogP contribution in [0.2, 0.25) is 0 Å². The predicted molar refractivity (Wildman–Crippen MR) is 72.5 cm³/mol. The summed E-state index contributed by atoms with van der Waals surface area (Å²) in [6, 6.07) is 6.35. The molecule has 1 atom stereocenters. The van der Waals surface area contributed by atoms with Crippen LogP contribution in [0.15, 0.2) is 24.3 Å². The molecule has 0 unspecified atom stereocenters. The molecule has 2 rings (SSSR count). The van der Waals surface area contributed by atoms with Crippen molar-refractivity contribution >= 4 is 17.6 Å². The van der Waals surface area contributed by atoms with Gasteiger partial charge in [0.05, 0.1) is 17.3 Å². The molecule has 0 radical (unpaired) electrons. The van der Waals surface area contributed by atoms with Crippen molar-refractivity contribution in [3.63, 3.8) is 0 Å². The van der Waals surface area contributed by atoms with E-state index in [0.717, 1.165) is 25.8 Å². The highest BCUT2D eigenvalue weighted by molar-refractivity contribution is 6.03. The summed E-state index contributed by atoms with van der Waals surface area (Å²) in [5.41, 5.74) is 0.585. The number of carbonyl (C=O) groups is 2. The minimum absolute atomic E-state index is 0.0756. The molecule has 19 heavy (non-hydrogen) atoms. The lowest BCUT2D eigenvalue weighted by Gasteiger charge is -2.28. The predicted octanol–water partition coefficient (Wildman–Crippen LogP) is 1.49. The molecule has 2 N–H and O–H groups in total. The van der Waals surface area contributed by atoms with Gasteiger partial charge in [0.25, 0.3) is 0 Å². The third-order valence-electron chi connectivity index (χ3n) is 3.43. The van der Waals surface area contributed by atoms with Gasteiger partial charge < -0.3 is 15.3 Å². The molecule has 5 nitrogen and oxygen atoms in total. The van der Waals surface area contributed by atoms with Crippen molar-refractivity contribution in [2.75, 3.05) is 18.5 Å². The van der Waals surface area contributed by atoms with Crippen LogP contribution in [-0.2, 0) is 4.79 Å². The van der Waals surface area contributed by atoms with E-state index in [-0.39, 0.29) is 17.5 Å². The van der Waals surface area contributed by atoms with Crippen LogP contribution in [0.5, 0.6) is 0 Å². The number of hydrogen-bond acceptors (Lipinski definition) is 3. The average Bonchev–Trinajstić information content (AvgIpc) is 2.46. The van der Waals surface area contributed by atoms with E-state index in [1.165, 1.54) is 11.0 Å². The maximum atomic E-state index is 12.3. The van der Waals surface area contributed by atoms with E-state index in [2.05, 4.69) is 5.32 Å². The summed E-state index contributed by atoms with van der Waals surface area (Å²) in [6.07, 6.45) is 2.91. The normalized spacial score (nSPS) is 18.9. The van der Waals surface area contributed by atoms with E-state index in [1.54, 1.807) is 25.2 Å². The van der Waals surface area contributed by atoms with Crippen LogP contribution < -0.4 is 10.2 Å². The zero-order chi connectivity index (χ0) is 13.8. The van der Waals surface area contributed by atoms with Gasteiger partial charge in [0.1, 0.15) is 0 Å². The summed E-state index contributed by atoms with van der Waals surface area (Å²) >= 11 is 0. The van der Waals surface area contributed by atoms with E-state index >= 15 is 0 Å². The van der Waals surface area contributed by atoms with E-state index in [0.29, 0.717) is 5.69 Å². The summed E-state index contributed by atoms with van der Waals surface area (Å²) in [6.45, 7) is 0.838. The number of benzene rings is 1. The molecule has 0 spiro atoms. The smallest absolute Gasteiger partial charge is 0.337 e. The number of anilines is 1. The van der Waals surface area contributed by atoms with Gasteiger partial charge in [0, 0.05) is 7.05 Å². The van der Waals surface area contributed by atoms with Crippen LogP contribution >= 0.6 is 0 Å². The number of aromatic carboxylic acids is 1. The Bertz CT molecular complexity index is 481. The minimum atomic E-state index is -1.02. The second-order valence-electron chi connectivity index (χ2n) is 4.72. The Hall–Kier alpha value is -1.88. The highest BCUT2D eigenvalue weighted by Crippen LogP contribution is 2.21. The fourth-order valence-corrected chi connectivity index (χ4v) is 2.36. The van der Waals surface area contributed by atoms with Crippen molar-refractivity contribution in [3.05, 3.63) is 29.8 Å². The van der Waals surface area contributed by atoms with Crippen molar-refractivity contribution in [1.29, 1.82) is 0 Å². The molecule has 1 aliphatic rings. The number of hydrogen-bond donors (Lipinski definition) is 2. The van der Waals surface area contributed by atoms with Crippen molar-refractivity contribution in [2.45, 2.75) is 25.3 Å². The first-order valence-corrected chi connectivity index (χ1v) is 6.44. The summed E-state index contributed by atoms with van der Waals surface area (Å²) in [7, 11) is 1.63. The molecule has 1 heterocycles. The van der Waals surface area contributed by atoms with E-state index in [9.17, 15) is 9.59 Å². The number of amides is 1. The second-order valence-corrected chi connectivity index (χ2v) is 4.72. The van der Waals surface area contributed by atoms with Crippen LogP contribution in [0.25, 0.3) is 0 Å². The number of piperidine rings is 1. The first-order valence-electron chi connectivity index (χ1n) is 6.44. The van der Waals surface area contributed by atoms with Gasteiger partial charge in [-0.3, -0.25) is 4.79 Å². The molecular weight excluding hydrogens is 244 g/mol. The first kappa shape index (κ1) is 13.5. The van der Waals surface area contributed by atoms with Gasteiger partial charge in [0.2, 0.25) is 5.91 Å². The van der Waals surface area contributed by atoms with E-state index in [1.807, 2.05) is 0 Å². The number of carboxylic acids is 1. The maximum absolute atomic E-state index is 12.3. The summed E-state index contributed by atoms with van der Waals surface area (Å²) in [4.78, 5) is 25.0. The number of rotatable bonds is 3. The molecule has 0 saturated carbocycles. The van der Waals surface area contributed by atoms with Crippen LogP contribution in [0.1, 0.15) is 29.6 Å². The molecule has 0 aromatic heterocycles. The van der Waals surface area contributed by atoms with Crippen molar-refractivity contribution < 1.29 is 14.7 Å². The molecule has 1 aliphatic heterocycles. The number of carbonyl (C=O) groups excluding carboxylic acids is 1. The molecular formula is C14H18N2O3. The van der Waals surface area contributed by atoms with Crippen LogP contribution in [0.4, 0.5) is 5.69 Å². The quantitative estimate of drug-likeness (QED) is 0.866. The Labute approximate surface area is 112 Å². The number of para-hydroxylation sites is 1. The minimum Gasteiger partial charge on any atom is -0.478 e. The Balaban J connectivity index is 2.21. The average molecular weight is 262 g/mol. The number of likely N-dealkylation sites (N-methyl/N-ethyl adjacent to an activating group) is 1. The van der Waals surface area contributed by atoms with Gasteiger partial charge in [-0.15, -0.1) is 0 Å². The van der Waals surface area contributed by atoms with Crippen LogP contribution in [0.3, 0.4) is 0 Å². The molecule has 1 saturated heterocycles. The molecule has 1 aromatic carbocycles. The van der Waals surface area contributed by atoms with E-state index in [4.69, 9.17) is 5.11 Å². The zero-order valence-corrected chi connectivity index (χ0v) is 10.9. The second kappa shape index (κ2) is 5.84. The highest BCUT2D eigenvalue weighted by Gasteiger charge is 2.26. The lowest BCUT2D eigenvalue weighted by molar-refractivity contribution is -0.120. The van der Waals surface area contributed by atoms with Gasteiger partial charge >= 0.3 is 5.97 Å². The number of nitrogens with zero attached hydrogens (tertiary/aromatic N) is 1.